The van der Waals surface area contributed by atoms with Crippen LogP contribution in [0.2, 0.25) is 0 Å². The summed E-state index contributed by atoms with van der Waals surface area (Å²) in [6.07, 6.45) is 1.73. The van der Waals surface area contributed by atoms with Crippen LogP contribution < -0.4 is 10.2 Å². The van der Waals surface area contributed by atoms with Crippen molar-refractivity contribution in [1.29, 1.82) is 0 Å². The Morgan fingerprint density at radius 3 is 2.75 bits per heavy atom. The standard InChI is InChI=1S/C14H20BNO4/c1-10-13(18-7-6-17-5)8-12(9-16-10)15-19-11(2)14(3,4)20-15/h8-9H,2,6-7H2,1,3-5H3. The van der Waals surface area contributed by atoms with E-state index in [1.807, 2.05) is 26.8 Å². The number of pyridine rings is 1. The normalized spacial score (nSPS) is 17.2. The van der Waals surface area contributed by atoms with Gasteiger partial charge in [-0.1, -0.05) is 6.58 Å². The molecule has 108 valence electrons. The Labute approximate surface area is 120 Å². The number of methoxy groups -OCH3 is 1. The Hall–Kier alpha value is -1.53. The summed E-state index contributed by atoms with van der Waals surface area (Å²) in [5.74, 6) is 1.33. The zero-order valence-corrected chi connectivity index (χ0v) is 12.4. The summed E-state index contributed by atoms with van der Waals surface area (Å²) in [6.45, 7) is 10.6. The Morgan fingerprint density at radius 2 is 2.15 bits per heavy atom. The molecule has 1 aliphatic heterocycles. The van der Waals surface area contributed by atoms with Crippen molar-refractivity contribution in [2.24, 2.45) is 0 Å². The molecule has 6 heteroatoms. The van der Waals surface area contributed by atoms with E-state index in [0.29, 0.717) is 24.7 Å². The molecular formula is C14H20BNO4. The Kier molecular flexibility index (Phi) is 4.35. The molecule has 1 saturated heterocycles. The molecule has 0 amide bonds. The third-order valence-electron chi connectivity index (χ3n) is 3.20. The van der Waals surface area contributed by atoms with Crippen molar-refractivity contribution in [2.45, 2.75) is 26.4 Å². The first kappa shape index (κ1) is 14.9. The van der Waals surface area contributed by atoms with Gasteiger partial charge in [0.15, 0.2) is 0 Å². The molecule has 0 aliphatic carbocycles. The van der Waals surface area contributed by atoms with Gasteiger partial charge in [-0.15, -0.1) is 0 Å². The number of nitrogens with zero attached hydrogens (tertiary/aromatic N) is 1. The molecule has 0 aromatic carbocycles. The van der Waals surface area contributed by atoms with Gasteiger partial charge in [-0.05, 0) is 26.8 Å². The fourth-order valence-corrected chi connectivity index (χ4v) is 1.80. The molecule has 1 aromatic rings. The molecule has 2 heterocycles. The minimum atomic E-state index is -0.493. The van der Waals surface area contributed by atoms with Crippen LogP contribution in [0.1, 0.15) is 19.5 Å². The van der Waals surface area contributed by atoms with Crippen molar-refractivity contribution >= 4 is 12.6 Å². The van der Waals surface area contributed by atoms with E-state index in [9.17, 15) is 0 Å². The van der Waals surface area contributed by atoms with E-state index in [1.54, 1.807) is 13.3 Å². The molecule has 1 fully saturated rings. The summed E-state index contributed by atoms with van der Waals surface area (Å²) >= 11 is 0. The predicted octanol–water partition coefficient (Wildman–Crippen LogP) is 1.45. The second-order valence-electron chi connectivity index (χ2n) is 5.19. The monoisotopic (exact) mass is 277 g/mol. The summed E-state index contributed by atoms with van der Waals surface area (Å²) in [5.41, 5.74) is 1.14. The van der Waals surface area contributed by atoms with E-state index in [2.05, 4.69) is 11.6 Å². The van der Waals surface area contributed by atoms with Crippen LogP contribution in [0.4, 0.5) is 0 Å². The van der Waals surface area contributed by atoms with Crippen molar-refractivity contribution in [3.05, 3.63) is 30.3 Å². The van der Waals surface area contributed by atoms with Crippen LogP contribution >= 0.6 is 0 Å². The molecule has 0 bridgehead atoms. The Bertz CT molecular complexity index is 504. The molecule has 2 rings (SSSR count). The lowest BCUT2D eigenvalue weighted by Gasteiger charge is -2.15. The van der Waals surface area contributed by atoms with Gasteiger partial charge in [0.05, 0.1) is 18.1 Å². The van der Waals surface area contributed by atoms with Crippen molar-refractivity contribution in [3.8, 4) is 5.75 Å². The van der Waals surface area contributed by atoms with Crippen LogP contribution in [0.3, 0.4) is 0 Å². The number of hydrogen-bond acceptors (Lipinski definition) is 5. The van der Waals surface area contributed by atoms with Gasteiger partial charge in [-0.2, -0.15) is 0 Å². The van der Waals surface area contributed by atoms with Crippen LogP contribution in [0.5, 0.6) is 5.75 Å². The number of ether oxygens (including phenoxy) is 2. The lowest BCUT2D eigenvalue weighted by molar-refractivity contribution is 0.145. The molecule has 0 spiro atoms. The molecule has 5 nitrogen and oxygen atoms in total. The SMILES string of the molecule is C=C1OB(c2cnc(C)c(OCCOC)c2)OC1(C)C. The topological polar surface area (TPSA) is 49.8 Å². The van der Waals surface area contributed by atoms with Crippen molar-refractivity contribution in [2.75, 3.05) is 20.3 Å². The average Bonchev–Trinajstić information content (AvgIpc) is 2.66. The second kappa shape index (κ2) is 5.85. The minimum Gasteiger partial charge on any atom is -0.534 e. The van der Waals surface area contributed by atoms with Gasteiger partial charge in [0.1, 0.15) is 18.0 Å². The lowest BCUT2D eigenvalue weighted by Crippen LogP contribution is -2.35. The third-order valence-corrected chi connectivity index (χ3v) is 3.20. The highest BCUT2D eigenvalue weighted by Gasteiger charge is 2.43. The first-order valence-corrected chi connectivity index (χ1v) is 6.56. The van der Waals surface area contributed by atoms with Crippen LogP contribution in [-0.4, -0.2) is 38.0 Å². The van der Waals surface area contributed by atoms with Crippen molar-refractivity contribution < 1.29 is 18.8 Å². The van der Waals surface area contributed by atoms with Crippen molar-refractivity contribution in [3.63, 3.8) is 0 Å². The van der Waals surface area contributed by atoms with E-state index < -0.39 is 12.7 Å². The van der Waals surface area contributed by atoms with E-state index in [4.69, 9.17) is 18.8 Å². The molecular weight excluding hydrogens is 257 g/mol. The quantitative estimate of drug-likeness (QED) is 0.602. The molecule has 0 saturated carbocycles. The summed E-state index contributed by atoms with van der Waals surface area (Å²) in [7, 11) is 1.15. The maximum atomic E-state index is 5.83. The van der Waals surface area contributed by atoms with Gasteiger partial charge >= 0.3 is 7.12 Å². The number of aryl methyl sites for hydroxylation is 1. The second-order valence-corrected chi connectivity index (χ2v) is 5.19. The molecule has 0 atom stereocenters. The van der Waals surface area contributed by atoms with Gasteiger partial charge in [-0.25, -0.2) is 0 Å². The zero-order valence-electron chi connectivity index (χ0n) is 12.4. The summed E-state index contributed by atoms with van der Waals surface area (Å²) in [4.78, 5) is 4.32. The number of rotatable bonds is 5. The van der Waals surface area contributed by atoms with Crippen LogP contribution in [-0.2, 0) is 14.0 Å². The molecule has 0 N–H and O–H groups in total. The van der Waals surface area contributed by atoms with Gasteiger partial charge in [0, 0.05) is 18.8 Å². The Balaban J connectivity index is 2.13. The van der Waals surface area contributed by atoms with Crippen LogP contribution in [0.15, 0.2) is 24.6 Å². The predicted molar refractivity (Wildman–Crippen MR) is 77.1 cm³/mol. The fraction of sp³-hybridized carbons (Fsp3) is 0.500. The zero-order chi connectivity index (χ0) is 14.8. The van der Waals surface area contributed by atoms with Gasteiger partial charge in [-0.3, -0.25) is 4.98 Å². The van der Waals surface area contributed by atoms with Crippen LogP contribution in [0, 0.1) is 6.92 Å². The first-order valence-electron chi connectivity index (χ1n) is 6.56. The number of hydrogen-bond donors (Lipinski definition) is 0. The molecule has 1 aliphatic rings. The highest BCUT2D eigenvalue weighted by Crippen LogP contribution is 2.29. The van der Waals surface area contributed by atoms with Gasteiger partial charge in [0.25, 0.3) is 0 Å². The number of aromatic nitrogens is 1. The molecule has 1 aromatic heterocycles. The summed E-state index contributed by atoms with van der Waals surface area (Å²) in [5, 5.41) is 0. The summed E-state index contributed by atoms with van der Waals surface area (Å²) < 4.78 is 22.1. The van der Waals surface area contributed by atoms with E-state index in [-0.39, 0.29) is 0 Å². The maximum Gasteiger partial charge on any atom is 0.565 e. The average molecular weight is 277 g/mol. The molecule has 0 radical (unpaired) electrons. The first-order chi connectivity index (χ1) is 9.44. The highest BCUT2D eigenvalue weighted by atomic mass is 16.7. The van der Waals surface area contributed by atoms with Gasteiger partial charge < -0.3 is 18.8 Å². The largest absolute Gasteiger partial charge is 0.565 e. The van der Waals surface area contributed by atoms with Gasteiger partial charge in [0.2, 0.25) is 0 Å². The van der Waals surface area contributed by atoms with E-state index >= 15 is 0 Å². The van der Waals surface area contributed by atoms with E-state index in [0.717, 1.165) is 11.2 Å². The van der Waals surface area contributed by atoms with Crippen LogP contribution in [0.25, 0.3) is 0 Å². The summed E-state index contributed by atoms with van der Waals surface area (Å²) in [6, 6.07) is 1.89. The molecule has 0 unspecified atom stereocenters. The smallest absolute Gasteiger partial charge is 0.534 e. The fourth-order valence-electron chi connectivity index (χ4n) is 1.80. The third kappa shape index (κ3) is 3.14. The minimum absolute atomic E-state index is 0.479. The highest BCUT2D eigenvalue weighted by molar-refractivity contribution is 6.62. The lowest BCUT2D eigenvalue weighted by atomic mass is 9.80. The van der Waals surface area contributed by atoms with E-state index in [1.165, 1.54) is 0 Å². The van der Waals surface area contributed by atoms with Crippen molar-refractivity contribution in [1.82, 2.24) is 4.98 Å². The Morgan fingerprint density at radius 1 is 1.40 bits per heavy atom. The maximum absolute atomic E-state index is 5.83. The molecule has 20 heavy (non-hydrogen) atoms.